The first-order chi connectivity index (χ1) is 8.04. The van der Waals surface area contributed by atoms with Crippen LogP contribution in [0.1, 0.15) is 58.8 Å². The molecule has 0 aromatic carbocycles. The number of carbonyl (C=O) groups excluding carboxylic acids is 1. The molecule has 0 spiro atoms. The third kappa shape index (κ3) is 11.2. The zero-order chi connectivity index (χ0) is 13.1. The zero-order valence-corrected chi connectivity index (χ0v) is 10.9. The molecule has 0 bridgehead atoms. The van der Waals surface area contributed by atoms with Crippen LogP contribution in [0, 0.1) is 5.92 Å². The van der Waals surface area contributed by atoms with Crippen molar-refractivity contribution in [1.82, 2.24) is 0 Å². The Balaban J connectivity index is 3.14. The van der Waals surface area contributed by atoms with Gasteiger partial charge in [0.05, 0.1) is 6.61 Å². The molecule has 1 N–H and O–H groups in total. The van der Waals surface area contributed by atoms with Crippen molar-refractivity contribution in [1.29, 1.82) is 0 Å². The minimum atomic E-state index is -1.52. The number of aliphatic carboxylic acids is 1. The van der Waals surface area contributed by atoms with E-state index in [0.717, 1.165) is 25.2 Å². The quantitative estimate of drug-likeness (QED) is 0.385. The molecule has 0 unspecified atom stereocenters. The van der Waals surface area contributed by atoms with Crippen LogP contribution in [0.5, 0.6) is 0 Å². The molecule has 0 radical (unpaired) electrons. The monoisotopic (exact) mass is 244 g/mol. The summed E-state index contributed by atoms with van der Waals surface area (Å²) < 4.78 is 4.52. The van der Waals surface area contributed by atoms with Gasteiger partial charge in [0, 0.05) is 0 Å². The molecular formula is C13H24O4. The molecule has 0 fully saturated rings. The fourth-order valence-electron chi connectivity index (χ4n) is 1.59. The fraction of sp³-hybridized carbons (Fsp3) is 0.846. The molecule has 0 rings (SSSR count). The second-order valence-electron chi connectivity index (χ2n) is 4.74. The van der Waals surface area contributed by atoms with E-state index in [2.05, 4.69) is 18.6 Å². The maximum absolute atomic E-state index is 10.6. The molecule has 0 aliphatic heterocycles. The normalized spacial score (nSPS) is 10.5. The number of carboxylic acids is 1. The topological polar surface area (TPSA) is 63.6 Å². The third-order valence-electron chi connectivity index (χ3n) is 2.58. The fourth-order valence-corrected chi connectivity index (χ4v) is 1.59. The predicted octanol–water partition coefficient (Wildman–Crippen LogP) is 3.00. The Labute approximate surface area is 103 Å². The summed E-state index contributed by atoms with van der Waals surface area (Å²) in [6.45, 7) is 4.69. The van der Waals surface area contributed by atoms with Gasteiger partial charge in [0.15, 0.2) is 0 Å². The van der Waals surface area contributed by atoms with Crippen molar-refractivity contribution in [2.45, 2.75) is 58.8 Å². The van der Waals surface area contributed by atoms with Crippen molar-refractivity contribution >= 4 is 11.9 Å². The van der Waals surface area contributed by atoms with E-state index in [4.69, 9.17) is 5.11 Å². The Morgan fingerprint density at radius 1 is 1.00 bits per heavy atom. The number of hydrogen-bond acceptors (Lipinski definition) is 3. The third-order valence-corrected chi connectivity index (χ3v) is 2.58. The molecule has 0 aliphatic carbocycles. The molecule has 0 amide bonds. The van der Waals surface area contributed by atoms with Crippen LogP contribution in [0.25, 0.3) is 0 Å². The Morgan fingerprint density at radius 2 is 1.53 bits per heavy atom. The number of carbonyl (C=O) groups is 2. The van der Waals surface area contributed by atoms with E-state index in [1.807, 2.05) is 0 Å². The minimum Gasteiger partial charge on any atom is -0.473 e. The number of unbranched alkanes of at least 4 members (excludes halogenated alkanes) is 5. The molecule has 0 aromatic heterocycles. The molecule has 0 heterocycles. The SMILES string of the molecule is CC(C)CCCCCCCCOC(=O)C(=O)O. The lowest BCUT2D eigenvalue weighted by Gasteiger charge is -2.04. The van der Waals surface area contributed by atoms with Crippen LogP contribution in [-0.4, -0.2) is 23.7 Å². The highest BCUT2D eigenvalue weighted by atomic mass is 16.6. The lowest BCUT2D eigenvalue weighted by molar-refractivity contribution is -0.163. The Bertz CT molecular complexity index is 223. The predicted molar refractivity (Wildman–Crippen MR) is 65.8 cm³/mol. The van der Waals surface area contributed by atoms with Crippen LogP contribution in [0.15, 0.2) is 0 Å². The van der Waals surface area contributed by atoms with Crippen LogP contribution in [0.3, 0.4) is 0 Å². The molecule has 4 heteroatoms. The van der Waals surface area contributed by atoms with E-state index in [1.165, 1.54) is 25.7 Å². The smallest absolute Gasteiger partial charge is 0.417 e. The van der Waals surface area contributed by atoms with Gasteiger partial charge in [-0.05, 0) is 12.3 Å². The summed E-state index contributed by atoms with van der Waals surface area (Å²) in [6, 6.07) is 0. The van der Waals surface area contributed by atoms with Gasteiger partial charge in [0.2, 0.25) is 0 Å². The van der Waals surface area contributed by atoms with Crippen LogP contribution >= 0.6 is 0 Å². The highest BCUT2D eigenvalue weighted by molar-refractivity contribution is 6.28. The first kappa shape index (κ1) is 15.9. The van der Waals surface area contributed by atoms with Gasteiger partial charge in [0.1, 0.15) is 0 Å². The van der Waals surface area contributed by atoms with Crippen LogP contribution < -0.4 is 0 Å². The lowest BCUT2D eigenvalue weighted by atomic mass is 10.0. The van der Waals surface area contributed by atoms with Gasteiger partial charge in [-0.15, -0.1) is 0 Å². The summed E-state index contributed by atoms with van der Waals surface area (Å²) in [5.41, 5.74) is 0. The molecular weight excluding hydrogens is 220 g/mol. The van der Waals surface area contributed by atoms with Gasteiger partial charge in [0.25, 0.3) is 0 Å². The molecule has 0 atom stereocenters. The lowest BCUT2D eigenvalue weighted by Crippen LogP contribution is -2.16. The summed E-state index contributed by atoms with van der Waals surface area (Å²) in [4.78, 5) is 20.7. The van der Waals surface area contributed by atoms with Gasteiger partial charge >= 0.3 is 11.9 Å². The molecule has 17 heavy (non-hydrogen) atoms. The Hall–Kier alpha value is -1.06. The van der Waals surface area contributed by atoms with Crippen LogP contribution in [0.2, 0.25) is 0 Å². The number of esters is 1. The van der Waals surface area contributed by atoms with Gasteiger partial charge in [-0.1, -0.05) is 52.4 Å². The van der Waals surface area contributed by atoms with E-state index < -0.39 is 11.9 Å². The second-order valence-corrected chi connectivity index (χ2v) is 4.74. The number of ether oxygens (including phenoxy) is 1. The minimum absolute atomic E-state index is 0.219. The summed E-state index contributed by atoms with van der Waals surface area (Å²) in [6.07, 6.45) is 7.91. The van der Waals surface area contributed by atoms with E-state index in [1.54, 1.807) is 0 Å². The maximum Gasteiger partial charge on any atom is 0.417 e. The van der Waals surface area contributed by atoms with E-state index in [0.29, 0.717) is 0 Å². The summed E-state index contributed by atoms with van der Waals surface area (Å²) in [5, 5.41) is 8.25. The highest BCUT2D eigenvalue weighted by Gasteiger charge is 2.11. The number of carboxylic acid groups (broad SMARTS) is 1. The van der Waals surface area contributed by atoms with Crippen molar-refractivity contribution in [3.8, 4) is 0 Å². The Kier molecular flexibility index (Phi) is 9.49. The van der Waals surface area contributed by atoms with Crippen molar-refractivity contribution in [2.24, 2.45) is 5.92 Å². The van der Waals surface area contributed by atoms with Crippen LogP contribution in [-0.2, 0) is 14.3 Å². The largest absolute Gasteiger partial charge is 0.473 e. The molecule has 0 aromatic rings. The van der Waals surface area contributed by atoms with Crippen molar-refractivity contribution in [2.75, 3.05) is 6.61 Å². The van der Waals surface area contributed by atoms with E-state index in [-0.39, 0.29) is 6.61 Å². The number of hydrogen-bond donors (Lipinski definition) is 1. The van der Waals surface area contributed by atoms with Crippen molar-refractivity contribution < 1.29 is 19.4 Å². The van der Waals surface area contributed by atoms with E-state index >= 15 is 0 Å². The zero-order valence-electron chi connectivity index (χ0n) is 10.9. The summed E-state index contributed by atoms with van der Waals surface area (Å²) in [7, 11) is 0. The second kappa shape index (κ2) is 10.1. The van der Waals surface area contributed by atoms with Gasteiger partial charge in [-0.3, -0.25) is 0 Å². The molecule has 0 aliphatic rings. The van der Waals surface area contributed by atoms with Crippen molar-refractivity contribution in [3.05, 3.63) is 0 Å². The average molecular weight is 244 g/mol. The maximum atomic E-state index is 10.6. The Morgan fingerprint density at radius 3 is 2.06 bits per heavy atom. The summed E-state index contributed by atoms with van der Waals surface area (Å²) in [5.74, 6) is -1.88. The molecule has 4 nitrogen and oxygen atoms in total. The first-order valence-electron chi connectivity index (χ1n) is 6.44. The number of rotatable bonds is 9. The van der Waals surface area contributed by atoms with Gasteiger partial charge in [-0.25, -0.2) is 9.59 Å². The highest BCUT2D eigenvalue weighted by Crippen LogP contribution is 2.11. The molecule has 0 saturated heterocycles. The standard InChI is InChI=1S/C13H24O4/c1-11(2)9-7-5-3-4-6-8-10-17-13(16)12(14)15/h11H,3-10H2,1-2H3,(H,14,15). The summed E-state index contributed by atoms with van der Waals surface area (Å²) >= 11 is 0. The van der Waals surface area contributed by atoms with Gasteiger partial charge < -0.3 is 9.84 Å². The molecule has 100 valence electrons. The van der Waals surface area contributed by atoms with Gasteiger partial charge in [-0.2, -0.15) is 0 Å². The van der Waals surface area contributed by atoms with Crippen LogP contribution in [0.4, 0.5) is 0 Å². The molecule has 0 saturated carbocycles. The van der Waals surface area contributed by atoms with Crippen molar-refractivity contribution in [3.63, 3.8) is 0 Å². The van der Waals surface area contributed by atoms with E-state index in [9.17, 15) is 9.59 Å². The first-order valence-corrected chi connectivity index (χ1v) is 6.44. The average Bonchev–Trinajstić information content (AvgIpc) is 2.25.